The molecule has 1 atom stereocenters. The van der Waals surface area contributed by atoms with E-state index in [1.54, 1.807) is 24.3 Å². The summed E-state index contributed by atoms with van der Waals surface area (Å²) in [6.07, 6.45) is 6.82. The zero-order valence-electron chi connectivity index (χ0n) is 17.9. The van der Waals surface area contributed by atoms with Crippen LogP contribution in [0.25, 0.3) is 0 Å². The average Bonchev–Trinajstić information content (AvgIpc) is 2.99. The summed E-state index contributed by atoms with van der Waals surface area (Å²) in [4.78, 5) is 27.2. The van der Waals surface area contributed by atoms with Crippen LogP contribution in [0.15, 0.2) is 42.6 Å². The van der Waals surface area contributed by atoms with Gasteiger partial charge in [0, 0.05) is 31.2 Å². The van der Waals surface area contributed by atoms with E-state index in [1.165, 1.54) is 12.8 Å². The second-order valence-electron chi connectivity index (χ2n) is 7.63. The SMILES string of the molecule is CCOc1ccc(NC(=O)C(=O)NCC(c2cccn2C)N2CCCCCC2)cc1. The Labute approximate surface area is 178 Å². The van der Waals surface area contributed by atoms with E-state index in [0.717, 1.165) is 37.4 Å². The zero-order valence-corrected chi connectivity index (χ0v) is 17.9. The van der Waals surface area contributed by atoms with Crippen molar-refractivity contribution in [2.24, 2.45) is 7.05 Å². The highest BCUT2D eigenvalue weighted by Gasteiger charge is 2.25. The highest BCUT2D eigenvalue weighted by molar-refractivity contribution is 6.39. The summed E-state index contributed by atoms with van der Waals surface area (Å²) in [7, 11) is 2.01. The van der Waals surface area contributed by atoms with Crippen molar-refractivity contribution in [3.8, 4) is 5.75 Å². The van der Waals surface area contributed by atoms with Crippen LogP contribution in [-0.4, -0.2) is 47.5 Å². The molecule has 1 aromatic carbocycles. The standard InChI is InChI=1S/C23H32N4O3/c1-3-30-19-12-10-18(11-13-19)25-23(29)22(28)24-17-21(20-9-8-14-26(20)2)27-15-6-4-5-7-16-27/h8-14,21H,3-7,15-17H2,1-2H3,(H,24,28)(H,25,29). The fourth-order valence-corrected chi connectivity index (χ4v) is 3.91. The first-order chi connectivity index (χ1) is 14.6. The molecule has 162 valence electrons. The zero-order chi connectivity index (χ0) is 21.3. The van der Waals surface area contributed by atoms with Gasteiger partial charge in [-0.25, -0.2) is 0 Å². The maximum atomic E-state index is 12.5. The number of hydrogen-bond acceptors (Lipinski definition) is 4. The van der Waals surface area contributed by atoms with Crippen LogP contribution in [0.1, 0.15) is 44.3 Å². The van der Waals surface area contributed by atoms with E-state index < -0.39 is 11.8 Å². The Bertz CT molecular complexity index is 823. The number of anilines is 1. The van der Waals surface area contributed by atoms with Crippen molar-refractivity contribution in [1.82, 2.24) is 14.8 Å². The Balaban J connectivity index is 1.60. The third-order valence-corrected chi connectivity index (χ3v) is 5.49. The molecule has 1 saturated heterocycles. The van der Waals surface area contributed by atoms with Crippen LogP contribution in [0.2, 0.25) is 0 Å². The lowest BCUT2D eigenvalue weighted by molar-refractivity contribution is -0.136. The summed E-state index contributed by atoms with van der Waals surface area (Å²) in [5, 5.41) is 5.48. The number of nitrogens with one attached hydrogen (secondary N) is 2. The van der Waals surface area contributed by atoms with Crippen LogP contribution in [0, 0.1) is 0 Å². The van der Waals surface area contributed by atoms with Gasteiger partial charge in [0.25, 0.3) is 0 Å². The fourth-order valence-electron chi connectivity index (χ4n) is 3.91. The number of rotatable bonds is 7. The third-order valence-electron chi connectivity index (χ3n) is 5.49. The molecule has 3 rings (SSSR count). The molecule has 7 heteroatoms. The quantitative estimate of drug-likeness (QED) is 0.686. The first-order valence-electron chi connectivity index (χ1n) is 10.8. The summed E-state index contributed by atoms with van der Waals surface area (Å²) in [5.74, 6) is -0.568. The van der Waals surface area contributed by atoms with Crippen LogP contribution in [0.5, 0.6) is 5.75 Å². The van der Waals surface area contributed by atoms with Crippen LogP contribution < -0.4 is 15.4 Å². The van der Waals surface area contributed by atoms with Crippen LogP contribution in [-0.2, 0) is 16.6 Å². The molecule has 7 nitrogen and oxygen atoms in total. The molecule has 0 bridgehead atoms. The van der Waals surface area contributed by atoms with E-state index in [4.69, 9.17) is 4.74 Å². The van der Waals surface area contributed by atoms with Gasteiger partial charge < -0.3 is 19.9 Å². The van der Waals surface area contributed by atoms with Crippen molar-refractivity contribution in [2.45, 2.75) is 38.6 Å². The molecule has 0 spiro atoms. The van der Waals surface area contributed by atoms with Gasteiger partial charge in [-0.3, -0.25) is 14.5 Å². The molecule has 2 amide bonds. The molecule has 2 aromatic rings. The van der Waals surface area contributed by atoms with Gasteiger partial charge in [0.2, 0.25) is 0 Å². The lowest BCUT2D eigenvalue weighted by atomic mass is 10.1. The van der Waals surface area contributed by atoms with Gasteiger partial charge in [0.1, 0.15) is 5.75 Å². The number of carbonyl (C=O) groups excluding carboxylic acids is 2. The van der Waals surface area contributed by atoms with Crippen molar-refractivity contribution in [1.29, 1.82) is 0 Å². The highest BCUT2D eigenvalue weighted by Crippen LogP contribution is 2.24. The van der Waals surface area contributed by atoms with E-state index >= 15 is 0 Å². The van der Waals surface area contributed by atoms with Gasteiger partial charge in [-0.05, 0) is 69.3 Å². The molecule has 0 radical (unpaired) electrons. The number of nitrogens with zero attached hydrogens (tertiary/aromatic N) is 2. The van der Waals surface area contributed by atoms with Crippen molar-refractivity contribution in [3.63, 3.8) is 0 Å². The van der Waals surface area contributed by atoms with Crippen molar-refractivity contribution >= 4 is 17.5 Å². The Morgan fingerprint density at radius 3 is 2.33 bits per heavy atom. The van der Waals surface area contributed by atoms with Gasteiger partial charge in [-0.15, -0.1) is 0 Å². The Hall–Kier alpha value is -2.80. The van der Waals surface area contributed by atoms with Crippen molar-refractivity contribution in [2.75, 3.05) is 31.6 Å². The molecule has 0 saturated carbocycles. The molecule has 2 N–H and O–H groups in total. The monoisotopic (exact) mass is 412 g/mol. The third kappa shape index (κ3) is 5.86. The van der Waals surface area contributed by atoms with Gasteiger partial charge >= 0.3 is 11.8 Å². The number of amides is 2. The van der Waals surface area contributed by atoms with Gasteiger partial charge in [-0.1, -0.05) is 12.8 Å². The molecule has 2 heterocycles. The minimum absolute atomic E-state index is 0.0466. The molecule has 1 aliphatic heterocycles. The normalized spacial score (nSPS) is 15.8. The molecule has 1 aliphatic rings. The minimum Gasteiger partial charge on any atom is -0.494 e. The van der Waals surface area contributed by atoms with Crippen molar-refractivity contribution < 1.29 is 14.3 Å². The average molecular weight is 413 g/mol. The number of carbonyl (C=O) groups is 2. The number of benzene rings is 1. The molecule has 30 heavy (non-hydrogen) atoms. The Kier molecular flexibility index (Phi) is 7.90. The molecule has 1 aromatic heterocycles. The number of ether oxygens (including phenoxy) is 1. The van der Waals surface area contributed by atoms with E-state index in [9.17, 15) is 9.59 Å². The molecule has 0 aliphatic carbocycles. The molecular weight excluding hydrogens is 380 g/mol. The fraction of sp³-hybridized carbons (Fsp3) is 0.478. The smallest absolute Gasteiger partial charge is 0.313 e. The number of aromatic nitrogens is 1. The second kappa shape index (κ2) is 10.8. The highest BCUT2D eigenvalue weighted by atomic mass is 16.5. The maximum absolute atomic E-state index is 12.5. The van der Waals surface area contributed by atoms with Gasteiger partial charge in [-0.2, -0.15) is 0 Å². The van der Waals surface area contributed by atoms with Crippen LogP contribution in [0.4, 0.5) is 5.69 Å². The van der Waals surface area contributed by atoms with Gasteiger partial charge in [0.15, 0.2) is 0 Å². The largest absolute Gasteiger partial charge is 0.494 e. The Morgan fingerprint density at radius 1 is 1.03 bits per heavy atom. The Morgan fingerprint density at radius 2 is 1.73 bits per heavy atom. The van der Waals surface area contributed by atoms with Crippen LogP contribution in [0.3, 0.4) is 0 Å². The number of aryl methyl sites for hydroxylation is 1. The number of likely N-dealkylation sites (tertiary alicyclic amines) is 1. The topological polar surface area (TPSA) is 75.6 Å². The first-order valence-corrected chi connectivity index (χ1v) is 10.8. The van der Waals surface area contributed by atoms with E-state index in [0.29, 0.717) is 18.8 Å². The first kappa shape index (κ1) is 21.9. The lowest BCUT2D eigenvalue weighted by Crippen LogP contribution is -2.42. The molecule has 1 fully saturated rings. The predicted octanol–water partition coefficient (Wildman–Crippen LogP) is 3.10. The van der Waals surface area contributed by atoms with Gasteiger partial charge in [0.05, 0.1) is 12.6 Å². The second-order valence-corrected chi connectivity index (χ2v) is 7.63. The van der Waals surface area contributed by atoms with E-state index in [2.05, 4.69) is 26.2 Å². The lowest BCUT2D eigenvalue weighted by Gasteiger charge is -2.31. The van der Waals surface area contributed by atoms with Crippen LogP contribution >= 0.6 is 0 Å². The van der Waals surface area contributed by atoms with E-state index in [-0.39, 0.29) is 6.04 Å². The summed E-state index contributed by atoms with van der Waals surface area (Å²) in [6, 6.07) is 11.1. The summed E-state index contributed by atoms with van der Waals surface area (Å²) in [6.45, 7) is 4.89. The predicted molar refractivity (Wildman–Crippen MR) is 117 cm³/mol. The molecular formula is C23H32N4O3. The maximum Gasteiger partial charge on any atom is 0.313 e. The number of hydrogen-bond donors (Lipinski definition) is 2. The summed E-state index contributed by atoms with van der Waals surface area (Å²) < 4.78 is 7.48. The summed E-state index contributed by atoms with van der Waals surface area (Å²) >= 11 is 0. The van der Waals surface area contributed by atoms with E-state index in [1.807, 2.05) is 26.2 Å². The molecule has 1 unspecified atom stereocenters. The minimum atomic E-state index is -0.666. The summed E-state index contributed by atoms with van der Waals surface area (Å²) in [5.41, 5.74) is 1.70. The van der Waals surface area contributed by atoms with Crippen molar-refractivity contribution in [3.05, 3.63) is 48.3 Å².